The van der Waals surface area contributed by atoms with E-state index in [0.717, 1.165) is 16.8 Å². The first-order valence-electron chi connectivity index (χ1n) is 5.07. The minimum Gasteiger partial charge on any atom is -0.383 e. The van der Waals surface area contributed by atoms with Crippen molar-refractivity contribution in [2.75, 3.05) is 5.73 Å². The zero-order valence-electron chi connectivity index (χ0n) is 9.59. The van der Waals surface area contributed by atoms with E-state index >= 15 is 0 Å². The number of hydrogen-bond donors (Lipinski definition) is 1. The van der Waals surface area contributed by atoms with Crippen LogP contribution < -0.4 is 5.73 Å². The van der Waals surface area contributed by atoms with Gasteiger partial charge in [0.25, 0.3) is 0 Å². The Morgan fingerprint density at radius 2 is 1.84 bits per heavy atom. The molecule has 2 N–H and O–H groups in total. The molecule has 0 aliphatic rings. The minimum absolute atomic E-state index is 0.349. The first kappa shape index (κ1) is 13.3. The van der Waals surface area contributed by atoms with Crippen molar-refractivity contribution in [1.82, 2.24) is 9.78 Å². The fourth-order valence-corrected chi connectivity index (χ4v) is 1.69. The van der Waals surface area contributed by atoms with Crippen LogP contribution in [0.25, 0.3) is 11.1 Å². The van der Waals surface area contributed by atoms with Crippen LogP contribution in [0.4, 0.5) is 27.8 Å². The lowest BCUT2D eigenvalue weighted by Crippen LogP contribution is -2.08. The van der Waals surface area contributed by atoms with Gasteiger partial charge in [-0.1, -0.05) is 0 Å². The number of anilines is 1. The standard InChI is InChI=1S/C11H8F5N3/c1-19-10(17)8(9(18-19)11(14,15)16)6-3-2-5(12)4-7(6)13/h2-4H,17H2,1H3. The van der Waals surface area contributed by atoms with E-state index in [2.05, 4.69) is 5.10 Å². The number of benzene rings is 1. The molecule has 0 saturated heterocycles. The number of nitrogen functional groups attached to an aromatic ring is 1. The summed E-state index contributed by atoms with van der Waals surface area (Å²) in [7, 11) is 1.20. The maximum atomic E-state index is 13.6. The van der Waals surface area contributed by atoms with E-state index in [1.165, 1.54) is 7.05 Å². The predicted molar refractivity (Wildman–Crippen MR) is 58.0 cm³/mol. The summed E-state index contributed by atoms with van der Waals surface area (Å²) in [5, 5.41) is 3.23. The van der Waals surface area contributed by atoms with Gasteiger partial charge in [0.15, 0.2) is 5.69 Å². The molecule has 1 heterocycles. The molecule has 0 fully saturated rings. The number of alkyl halides is 3. The van der Waals surface area contributed by atoms with E-state index in [9.17, 15) is 22.0 Å². The summed E-state index contributed by atoms with van der Waals surface area (Å²) in [4.78, 5) is 0. The Kier molecular flexibility index (Phi) is 2.95. The van der Waals surface area contributed by atoms with Crippen molar-refractivity contribution in [2.45, 2.75) is 6.18 Å². The average Bonchev–Trinajstić information content (AvgIpc) is 2.56. The Morgan fingerprint density at radius 1 is 1.21 bits per heavy atom. The summed E-state index contributed by atoms with van der Waals surface area (Å²) in [5.74, 6) is -2.37. The Labute approximate surface area is 104 Å². The molecule has 1 aromatic heterocycles. The molecular weight excluding hydrogens is 269 g/mol. The first-order chi connectivity index (χ1) is 8.71. The van der Waals surface area contributed by atoms with Crippen LogP contribution in [-0.4, -0.2) is 9.78 Å². The van der Waals surface area contributed by atoms with E-state index in [0.29, 0.717) is 6.07 Å². The molecular formula is C11H8F5N3. The highest BCUT2D eigenvalue weighted by atomic mass is 19.4. The first-order valence-corrected chi connectivity index (χ1v) is 5.07. The topological polar surface area (TPSA) is 43.8 Å². The number of hydrogen-bond acceptors (Lipinski definition) is 2. The molecule has 0 atom stereocenters. The van der Waals surface area contributed by atoms with Crippen LogP contribution >= 0.6 is 0 Å². The van der Waals surface area contributed by atoms with Gasteiger partial charge in [0, 0.05) is 18.7 Å². The molecule has 3 nitrogen and oxygen atoms in total. The number of nitrogens with two attached hydrogens (primary N) is 1. The molecule has 0 radical (unpaired) electrons. The quantitative estimate of drug-likeness (QED) is 0.814. The zero-order valence-corrected chi connectivity index (χ0v) is 9.59. The van der Waals surface area contributed by atoms with Crippen molar-refractivity contribution in [3.63, 3.8) is 0 Å². The van der Waals surface area contributed by atoms with Gasteiger partial charge in [0.2, 0.25) is 0 Å². The SMILES string of the molecule is Cn1nc(C(F)(F)F)c(-c2ccc(F)cc2F)c1N. The minimum atomic E-state index is -4.79. The fraction of sp³-hybridized carbons (Fsp3) is 0.182. The summed E-state index contributed by atoms with van der Waals surface area (Å²) < 4.78 is 65.6. The van der Waals surface area contributed by atoms with Crippen LogP contribution in [-0.2, 0) is 13.2 Å². The summed E-state index contributed by atoms with van der Waals surface area (Å²) >= 11 is 0. The molecule has 2 aromatic rings. The third kappa shape index (κ3) is 2.25. The van der Waals surface area contributed by atoms with Gasteiger partial charge in [0.1, 0.15) is 17.5 Å². The lowest BCUT2D eigenvalue weighted by molar-refractivity contribution is -0.140. The molecule has 0 saturated carbocycles. The molecule has 8 heteroatoms. The third-order valence-corrected chi connectivity index (χ3v) is 2.56. The summed E-state index contributed by atoms with van der Waals surface area (Å²) in [5.41, 5.74) is 3.14. The van der Waals surface area contributed by atoms with Crippen LogP contribution in [0.2, 0.25) is 0 Å². The lowest BCUT2D eigenvalue weighted by atomic mass is 10.0. The van der Waals surface area contributed by atoms with Crippen molar-refractivity contribution < 1.29 is 22.0 Å². The van der Waals surface area contributed by atoms with Crippen molar-refractivity contribution in [2.24, 2.45) is 7.05 Å². The van der Waals surface area contributed by atoms with Crippen LogP contribution in [0.5, 0.6) is 0 Å². The second-order valence-electron chi connectivity index (χ2n) is 3.85. The maximum absolute atomic E-state index is 13.6. The van der Waals surface area contributed by atoms with E-state index in [4.69, 9.17) is 5.73 Å². The van der Waals surface area contributed by atoms with E-state index in [1.54, 1.807) is 0 Å². The maximum Gasteiger partial charge on any atom is 0.435 e. The van der Waals surface area contributed by atoms with Gasteiger partial charge >= 0.3 is 6.18 Å². The summed E-state index contributed by atoms with van der Waals surface area (Å²) in [6.45, 7) is 0. The number of nitrogens with zero attached hydrogens (tertiary/aromatic N) is 2. The highest BCUT2D eigenvalue weighted by Gasteiger charge is 2.39. The second kappa shape index (κ2) is 4.22. The average molecular weight is 277 g/mol. The number of aromatic nitrogens is 2. The second-order valence-corrected chi connectivity index (χ2v) is 3.85. The van der Waals surface area contributed by atoms with Gasteiger partial charge in [0.05, 0.1) is 5.56 Å². The molecule has 0 amide bonds. The van der Waals surface area contributed by atoms with Gasteiger partial charge in [-0.3, -0.25) is 4.68 Å². The van der Waals surface area contributed by atoms with Crippen molar-refractivity contribution in [3.8, 4) is 11.1 Å². The van der Waals surface area contributed by atoms with Crippen LogP contribution in [0, 0.1) is 11.6 Å². The van der Waals surface area contributed by atoms with Gasteiger partial charge in [-0.15, -0.1) is 0 Å². The molecule has 0 bridgehead atoms. The molecule has 1 aromatic carbocycles. The zero-order chi connectivity index (χ0) is 14.4. The molecule has 0 aliphatic carbocycles. The summed E-state index contributed by atoms with van der Waals surface area (Å²) in [6.07, 6.45) is -4.79. The smallest absolute Gasteiger partial charge is 0.383 e. The van der Waals surface area contributed by atoms with E-state index in [1.807, 2.05) is 0 Å². The molecule has 2 rings (SSSR count). The molecule has 102 valence electrons. The largest absolute Gasteiger partial charge is 0.435 e. The Morgan fingerprint density at radius 3 is 2.37 bits per heavy atom. The number of rotatable bonds is 1. The van der Waals surface area contributed by atoms with Crippen molar-refractivity contribution in [1.29, 1.82) is 0 Å². The van der Waals surface area contributed by atoms with Gasteiger partial charge in [-0.05, 0) is 12.1 Å². The van der Waals surface area contributed by atoms with Gasteiger partial charge < -0.3 is 5.73 Å². The highest BCUT2D eigenvalue weighted by Crippen LogP contribution is 2.40. The van der Waals surface area contributed by atoms with E-state index in [-0.39, 0.29) is 5.82 Å². The Hall–Kier alpha value is -2.12. The van der Waals surface area contributed by atoms with Crippen molar-refractivity contribution >= 4 is 5.82 Å². The fourth-order valence-electron chi connectivity index (χ4n) is 1.69. The normalized spacial score (nSPS) is 11.9. The molecule has 19 heavy (non-hydrogen) atoms. The Bertz CT molecular complexity index is 630. The van der Waals surface area contributed by atoms with Crippen molar-refractivity contribution in [3.05, 3.63) is 35.5 Å². The lowest BCUT2D eigenvalue weighted by Gasteiger charge is -2.08. The van der Waals surface area contributed by atoms with Crippen LogP contribution in [0.1, 0.15) is 5.69 Å². The molecule has 0 unspecified atom stereocenters. The Balaban J connectivity index is 2.74. The highest BCUT2D eigenvalue weighted by molar-refractivity contribution is 5.77. The summed E-state index contributed by atoms with van der Waals surface area (Å²) in [6, 6.07) is 2.24. The predicted octanol–water partition coefficient (Wildman–Crippen LogP) is 2.97. The molecule has 0 aliphatic heterocycles. The third-order valence-electron chi connectivity index (χ3n) is 2.56. The van der Waals surface area contributed by atoms with Crippen LogP contribution in [0.3, 0.4) is 0 Å². The number of halogens is 5. The monoisotopic (exact) mass is 277 g/mol. The van der Waals surface area contributed by atoms with Gasteiger partial charge in [-0.2, -0.15) is 18.3 Å². The van der Waals surface area contributed by atoms with Gasteiger partial charge in [-0.25, -0.2) is 8.78 Å². The van der Waals surface area contributed by atoms with E-state index < -0.39 is 34.6 Å². The molecule has 0 spiro atoms. The number of aryl methyl sites for hydroxylation is 1. The van der Waals surface area contributed by atoms with Crippen LogP contribution in [0.15, 0.2) is 18.2 Å².